The van der Waals surface area contributed by atoms with Crippen molar-refractivity contribution in [2.24, 2.45) is 5.14 Å². The summed E-state index contributed by atoms with van der Waals surface area (Å²) < 4.78 is 86.8. The quantitative estimate of drug-likeness (QED) is 0.176. The Kier molecular flexibility index (Phi) is 11.8. The van der Waals surface area contributed by atoms with Gasteiger partial charge in [0.05, 0.1) is 9.79 Å². The predicted octanol–water partition coefficient (Wildman–Crippen LogP) is -0.903. The lowest BCUT2D eigenvalue weighted by Gasteiger charge is -2.17. The molecule has 1 amide bonds. The van der Waals surface area contributed by atoms with E-state index in [0.717, 1.165) is 35.4 Å². The van der Waals surface area contributed by atoms with Crippen LogP contribution in [0.25, 0.3) is 11.1 Å². The third-order valence-electron chi connectivity index (χ3n) is 6.35. The molecule has 4 aromatic rings. The van der Waals surface area contributed by atoms with Crippen molar-refractivity contribution < 1.29 is 55.1 Å². The number of nitrogens with two attached hydrogens (primary N) is 1. The van der Waals surface area contributed by atoms with Crippen LogP contribution < -0.4 is 38.4 Å². The molecule has 4 N–H and O–H groups in total. The minimum absolute atomic E-state index is 0.0200. The second-order valence-electron chi connectivity index (χ2n) is 9.51. The van der Waals surface area contributed by atoms with Crippen molar-refractivity contribution >= 4 is 37.3 Å². The molecule has 4 rings (SSSR count). The minimum Gasteiger partial charge on any atom is -0.321 e. The molecule has 0 unspecified atom stereocenters. The molecule has 3 aromatic carbocycles. The highest BCUT2D eigenvalue weighted by Crippen LogP contribution is 2.22. The molecule has 45 heavy (non-hydrogen) atoms. The Morgan fingerprint density at radius 1 is 0.733 bits per heavy atom. The number of nitrogens with one attached hydrogen (secondary N) is 2. The first-order chi connectivity index (χ1) is 21.0. The number of amides is 1. The van der Waals surface area contributed by atoms with Crippen molar-refractivity contribution in [3.8, 4) is 11.1 Å². The monoisotopic (exact) mass is 678 g/mol. The molecule has 0 saturated heterocycles. The number of anilines is 2. The first-order valence-electron chi connectivity index (χ1n) is 13.3. The number of nitrogens with zero attached hydrogens (tertiary/aromatic N) is 1. The Balaban J connectivity index is 0.00000102. The summed E-state index contributed by atoms with van der Waals surface area (Å²) in [6, 6.07) is 25.2. The van der Waals surface area contributed by atoms with Crippen LogP contribution in [-0.2, 0) is 44.2 Å². The number of halogens is 1. The molecule has 1 heterocycles. The van der Waals surface area contributed by atoms with Gasteiger partial charge >= 0.3 is 0 Å². The van der Waals surface area contributed by atoms with Crippen molar-refractivity contribution in [2.45, 2.75) is 43.0 Å². The normalized spacial score (nSPS) is 11.7. The van der Waals surface area contributed by atoms with E-state index >= 15 is 0 Å². The van der Waals surface area contributed by atoms with Gasteiger partial charge in [0.1, 0.15) is 0 Å². The number of sulfonamides is 2. The molecule has 1 aromatic heterocycles. The fourth-order valence-corrected chi connectivity index (χ4v) is 5.89. The Bertz CT molecular complexity index is 1800. The van der Waals surface area contributed by atoms with Crippen LogP contribution in [0.15, 0.2) is 101 Å². The number of carbonyl (C=O) groups excluding carboxylic acids is 1. The second kappa shape index (κ2) is 14.9. The van der Waals surface area contributed by atoms with Gasteiger partial charge in [0.15, 0.2) is 11.4 Å². The summed E-state index contributed by atoms with van der Waals surface area (Å²) >= 11 is 0. The number of benzene rings is 3. The summed E-state index contributed by atoms with van der Waals surface area (Å²) in [7, 11) is -12.8. The number of rotatable bonds is 10. The topological polar surface area (TPSA) is 232 Å². The highest BCUT2D eigenvalue weighted by atomic mass is 35.7. The Morgan fingerprint density at radius 3 is 1.67 bits per heavy atom. The highest BCUT2D eigenvalue weighted by molar-refractivity contribution is 7.92. The van der Waals surface area contributed by atoms with Crippen molar-refractivity contribution in [1.29, 1.82) is 0 Å². The zero-order chi connectivity index (χ0) is 33.4. The Hall–Kier alpha value is -3.93. The molecule has 0 saturated carbocycles. The van der Waals surface area contributed by atoms with Crippen LogP contribution in [0.4, 0.5) is 11.4 Å². The largest absolute Gasteiger partial charge is 0.321 e. The van der Waals surface area contributed by atoms with Gasteiger partial charge in [0.25, 0.3) is 15.9 Å². The van der Waals surface area contributed by atoms with Crippen LogP contribution in [0.1, 0.15) is 25.2 Å². The van der Waals surface area contributed by atoms with E-state index in [9.17, 15) is 21.6 Å². The van der Waals surface area contributed by atoms with Crippen molar-refractivity contribution in [2.75, 3.05) is 10.0 Å². The average Bonchev–Trinajstić information content (AvgIpc) is 2.96. The number of aromatic nitrogens is 1. The van der Waals surface area contributed by atoms with Gasteiger partial charge < -0.3 is 5.32 Å². The molecule has 16 heteroatoms. The maximum atomic E-state index is 13.0. The number of hydrogen-bond donors (Lipinski definition) is 3. The van der Waals surface area contributed by atoms with Crippen molar-refractivity contribution in [3.05, 3.63) is 102 Å². The first kappa shape index (κ1) is 35.5. The lowest BCUT2D eigenvalue weighted by molar-refractivity contribution is -2.00. The molecule has 0 radical (unpaired) electrons. The molecule has 0 bridgehead atoms. The standard InChI is InChI=1S/C29H30N4O5S2.ClHO4/c1-3-25-18-22(21-8-6-5-7-9-21)19-26(4-2)33(25)20-29(34)31-23-10-16-28(17-11-23)40(37,38)32-24-12-14-27(15-13-24)39(30,35)36;2-1(3,4)5/h5-19,32H,3-4,20H2,1-2H3,(H2-,30,31,34,35,36);(H,2,3,4,5). The number of pyridine rings is 1. The molecule has 0 atom stereocenters. The van der Waals surface area contributed by atoms with Crippen LogP contribution in [0.5, 0.6) is 0 Å². The van der Waals surface area contributed by atoms with E-state index in [1.54, 1.807) is 0 Å². The number of hydrogen-bond acceptors (Lipinski definition) is 9. The second-order valence-corrected chi connectivity index (χ2v) is 13.5. The van der Waals surface area contributed by atoms with Gasteiger partial charge in [-0.05, 0) is 59.7 Å². The summed E-state index contributed by atoms with van der Waals surface area (Å²) in [6.45, 7) is 4.23. The van der Waals surface area contributed by atoms with Gasteiger partial charge in [0.2, 0.25) is 16.6 Å². The highest BCUT2D eigenvalue weighted by Gasteiger charge is 2.21. The maximum Gasteiger partial charge on any atom is 0.290 e. The SMILES string of the molecule is CCc1cc(-c2ccccc2)cc(CC)[n+]1CC(=O)Nc1ccc(S(=O)(=O)Nc2ccc(S(N)(=O)=O)cc2)cc1.[O-][Cl+3]([O-])([O-])[O-]. The molecule has 0 fully saturated rings. The third-order valence-corrected chi connectivity index (χ3v) is 8.68. The van der Waals surface area contributed by atoms with E-state index in [4.69, 9.17) is 23.8 Å². The predicted molar refractivity (Wildman–Crippen MR) is 155 cm³/mol. The molecule has 0 aliphatic rings. The van der Waals surface area contributed by atoms with E-state index in [0.29, 0.717) is 5.69 Å². The summed E-state index contributed by atoms with van der Waals surface area (Å²) in [6.07, 6.45) is 1.51. The lowest BCUT2D eigenvalue weighted by atomic mass is 10.0. The lowest BCUT2D eigenvalue weighted by Crippen LogP contribution is -2.68. The van der Waals surface area contributed by atoms with E-state index < -0.39 is 30.3 Å². The zero-order valence-corrected chi connectivity index (χ0v) is 26.6. The van der Waals surface area contributed by atoms with Gasteiger partial charge in [0, 0.05) is 36.3 Å². The van der Waals surface area contributed by atoms with Crippen LogP contribution in [0, 0.1) is 10.2 Å². The fraction of sp³-hybridized carbons (Fsp3) is 0.172. The van der Waals surface area contributed by atoms with Gasteiger partial charge in [-0.25, -0.2) is 40.6 Å². The van der Waals surface area contributed by atoms with E-state index in [1.807, 2.05) is 22.8 Å². The van der Waals surface area contributed by atoms with Gasteiger partial charge in [-0.2, -0.15) is 4.57 Å². The summed E-state index contributed by atoms with van der Waals surface area (Å²) in [5, 5.41) is 7.92. The summed E-state index contributed by atoms with van der Waals surface area (Å²) in [4.78, 5) is 12.8. The molecular weight excluding hydrogens is 648 g/mol. The fourth-order valence-electron chi connectivity index (χ4n) is 4.32. The molecule has 240 valence electrons. The molecular formula is C29H31ClN4O9S2. The number of primary sulfonamides is 1. The van der Waals surface area contributed by atoms with Crippen molar-refractivity contribution in [3.63, 3.8) is 0 Å². The van der Waals surface area contributed by atoms with Gasteiger partial charge in [-0.3, -0.25) is 9.52 Å². The summed E-state index contributed by atoms with van der Waals surface area (Å²) in [5.41, 5.74) is 4.94. The molecule has 0 spiro atoms. The Labute approximate surface area is 263 Å². The van der Waals surface area contributed by atoms with Crippen LogP contribution in [0.3, 0.4) is 0 Å². The van der Waals surface area contributed by atoms with Crippen LogP contribution in [0.2, 0.25) is 0 Å². The zero-order valence-electron chi connectivity index (χ0n) is 24.2. The van der Waals surface area contributed by atoms with E-state index in [2.05, 4.69) is 48.2 Å². The Morgan fingerprint density at radius 2 is 1.20 bits per heavy atom. The molecule has 0 aliphatic heterocycles. The van der Waals surface area contributed by atoms with Gasteiger partial charge in [-0.1, -0.05) is 44.2 Å². The van der Waals surface area contributed by atoms with E-state index in [-0.39, 0.29) is 27.9 Å². The van der Waals surface area contributed by atoms with Gasteiger partial charge in [-0.15, -0.1) is 10.2 Å². The summed E-state index contributed by atoms with van der Waals surface area (Å²) in [5.74, 6) is -0.231. The van der Waals surface area contributed by atoms with Crippen molar-refractivity contribution in [1.82, 2.24) is 0 Å². The first-order valence-corrected chi connectivity index (χ1v) is 17.5. The van der Waals surface area contributed by atoms with E-state index in [1.165, 1.54) is 48.5 Å². The molecule has 0 aliphatic carbocycles. The maximum absolute atomic E-state index is 13.0. The third kappa shape index (κ3) is 10.9. The number of carbonyl (C=O) groups is 1. The van der Waals surface area contributed by atoms with Crippen LogP contribution in [-0.4, -0.2) is 22.7 Å². The number of aryl methyl sites for hydroxylation is 2. The average molecular weight is 679 g/mol. The molecule has 13 nitrogen and oxygen atoms in total. The van der Waals surface area contributed by atoms with Crippen LogP contribution >= 0.6 is 0 Å². The smallest absolute Gasteiger partial charge is 0.290 e. The minimum atomic E-state index is -4.94.